The van der Waals surface area contributed by atoms with Crippen molar-refractivity contribution in [3.8, 4) is 0 Å². The van der Waals surface area contributed by atoms with E-state index in [1.165, 1.54) is 0 Å². The van der Waals surface area contributed by atoms with Gasteiger partial charge in [0.2, 0.25) is 12.2 Å². The van der Waals surface area contributed by atoms with Gasteiger partial charge in [-0.15, -0.1) is 0 Å². The highest BCUT2D eigenvalue weighted by Crippen LogP contribution is 2.37. The average molecular weight is 551 g/mol. The van der Waals surface area contributed by atoms with Crippen molar-refractivity contribution in [1.82, 2.24) is 5.32 Å². The van der Waals surface area contributed by atoms with Crippen molar-refractivity contribution >= 4 is 87.4 Å². The van der Waals surface area contributed by atoms with E-state index in [0.717, 1.165) is 6.92 Å². The first-order valence-electron chi connectivity index (χ1n) is 8.36. The number of fused-ring (bicyclic) bond motifs is 1. The van der Waals surface area contributed by atoms with Crippen molar-refractivity contribution in [2.45, 2.75) is 64.8 Å². The summed E-state index contributed by atoms with van der Waals surface area (Å²) < 4.78 is 23.3. The minimum atomic E-state index is -2.36. The lowest BCUT2D eigenvalue weighted by molar-refractivity contribution is -0.363. The van der Waals surface area contributed by atoms with Gasteiger partial charge in [-0.1, -0.05) is 69.6 Å². The topological polar surface area (TPSA) is 116 Å². The van der Waals surface area contributed by atoms with Gasteiger partial charge >= 0.3 is 5.97 Å². The van der Waals surface area contributed by atoms with Crippen LogP contribution in [0.5, 0.6) is 0 Å². The van der Waals surface area contributed by atoms with Gasteiger partial charge in [0.05, 0.1) is 6.61 Å². The molecule has 0 saturated carbocycles. The molecule has 0 aromatic heterocycles. The van der Waals surface area contributed by atoms with Gasteiger partial charge in [0.25, 0.3) is 13.5 Å². The lowest BCUT2D eigenvalue weighted by Gasteiger charge is -2.50. The zero-order valence-corrected chi connectivity index (χ0v) is 20.3. The summed E-state index contributed by atoms with van der Waals surface area (Å²) >= 11 is 33.9. The zero-order valence-electron chi connectivity index (χ0n) is 15.7. The molecule has 2 N–H and O–H groups in total. The molecule has 0 aliphatic carbocycles. The molecule has 9 nitrogen and oxygen atoms in total. The first kappa shape index (κ1) is 26.3. The van der Waals surface area contributed by atoms with E-state index in [-0.39, 0.29) is 6.61 Å². The summed E-state index contributed by atoms with van der Waals surface area (Å²) in [5, 5.41) is 10.2. The molecule has 172 valence electrons. The van der Waals surface area contributed by atoms with Crippen LogP contribution in [-0.2, 0) is 33.3 Å². The molecule has 2 fully saturated rings. The quantitative estimate of drug-likeness (QED) is 0.240. The summed E-state index contributed by atoms with van der Waals surface area (Å²) in [5.74, 6) is -3.64. The van der Waals surface area contributed by atoms with Crippen LogP contribution in [0.3, 0.4) is 0 Å². The Kier molecular flexibility index (Phi) is 8.31. The van der Waals surface area contributed by atoms with Gasteiger partial charge in [0.1, 0.15) is 18.2 Å². The van der Waals surface area contributed by atoms with Gasteiger partial charge in [-0.25, -0.2) is 0 Å². The predicted molar refractivity (Wildman–Crippen MR) is 110 cm³/mol. The summed E-state index contributed by atoms with van der Waals surface area (Å²) in [4.78, 5) is 24.1. The Labute approximate surface area is 202 Å². The number of alkyl halides is 6. The molecule has 2 heterocycles. The molecular formula is C15H18Cl6N2O7. The number of esters is 1. The molecule has 0 aromatic rings. The number of halogens is 6. The van der Waals surface area contributed by atoms with Crippen molar-refractivity contribution in [3.05, 3.63) is 0 Å². The second kappa shape index (κ2) is 9.49. The molecule has 0 spiro atoms. The monoisotopic (exact) mass is 548 g/mol. The van der Waals surface area contributed by atoms with Crippen LogP contribution >= 0.6 is 69.6 Å². The highest BCUT2D eigenvalue weighted by atomic mass is 35.6. The fraction of sp³-hybridized carbons (Fsp3) is 0.800. The van der Waals surface area contributed by atoms with E-state index in [4.69, 9.17) is 98.7 Å². The minimum Gasteiger partial charge on any atom is -0.457 e. The normalized spacial score (nSPS) is 31.3. The van der Waals surface area contributed by atoms with Gasteiger partial charge < -0.3 is 29.0 Å². The van der Waals surface area contributed by atoms with E-state index in [1.807, 2.05) is 0 Å². The molecule has 2 rings (SSSR count). The van der Waals surface area contributed by atoms with Gasteiger partial charge in [-0.3, -0.25) is 15.0 Å². The number of carbonyl (C=O) groups is 2. The van der Waals surface area contributed by atoms with E-state index < -0.39 is 61.8 Å². The smallest absolute Gasteiger partial charge is 0.303 e. The maximum absolute atomic E-state index is 12.3. The predicted octanol–water partition coefficient (Wildman–Crippen LogP) is 3.01. The largest absolute Gasteiger partial charge is 0.457 e. The fourth-order valence-electron chi connectivity index (χ4n) is 2.83. The first-order chi connectivity index (χ1) is 13.5. The maximum Gasteiger partial charge on any atom is 0.303 e. The van der Waals surface area contributed by atoms with Crippen molar-refractivity contribution < 1.29 is 33.3 Å². The Morgan fingerprint density at radius 1 is 1.10 bits per heavy atom. The summed E-state index contributed by atoms with van der Waals surface area (Å²) in [6, 6.07) is -1.31. The third kappa shape index (κ3) is 6.76. The molecule has 0 unspecified atom stereocenters. The van der Waals surface area contributed by atoms with Crippen molar-refractivity contribution in [3.63, 3.8) is 0 Å². The molecule has 2 saturated heterocycles. The maximum atomic E-state index is 12.3. The molecule has 2 aliphatic rings. The number of rotatable bonds is 3. The van der Waals surface area contributed by atoms with Crippen molar-refractivity contribution in [1.29, 1.82) is 5.41 Å². The van der Waals surface area contributed by atoms with E-state index >= 15 is 0 Å². The van der Waals surface area contributed by atoms with Gasteiger partial charge in [-0.2, -0.15) is 0 Å². The number of hydrogen-bond acceptors (Lipinski definition) is 8. The van der Waals surface area contributed by atoms with E-state index in [9.17, 15) is 9.59 Å². The lowest BCUT2D eigenvalue weighted by Crippen LogP contribution is -2.70. The lowest BCUT2D eigenvalue weighted by atomic mass is 9.95. The molecule has 0 bridgehead atoms. The zero-order chi connectivity index (χ0) is 23.1. The molecule has 5 atom stereocenters. The molecule has 0 radical (unpaired) electrons. The number of nitrogens with one attached hydrogen (secondary N) is 2. The van der Waals surface area contributed by atoms with E-state index in [0.29, 0.717) is 0 Å². The SMILES string of the molecule is CC(=O)O[C@@H]1[C@@H](NC(=O)C(Cl)(Cl)Cl)[C@@H](OC(=N)C(Cl)(Cl)Cl)O[C@@H]2COC(C)(C)O[C@@H]12. The van der Waals surface area contributed by atoms with Crippen LogP contribution in [-0.4, -0.2) is 68.4 Å². The Bertz CT molecular complexity index is 696. The van der Waals surface area contributed by atoms with Crippen molar-refractivity contribution in [2.24, 2.45) is 0 Å². The molecule has 0 aromatic carbocycles. The van der Waals surface area contributed by atoms with Crippen LogP contribution in [0.25, 0.3) is 0 Å². The van der Waals surface area contributed by atoms with Gasteiger partial charge in [0.15, 0.2) is 11.9 Å². The summed E-state index contributed by atoms with van der Waals surface area (Å²) in [5.41, 5.74) is 0. The molecule has 15 heteroatoms. The van der Waals surface area contributed by atoms with Crippen LogP contribution in [0.1, 0.15) is 20.8 Å². The highest BCUT2D eigenvalue weighted by molar-refractivity contribution is 6.76. The molecule has 2 aliphatic heterocycles. The van der Waals surface area contributed by atoms with Crippen LogP contribution in [0, 0.1) is 5.41 Å². The van der Waals surface area contributed by atoms with E-state index in [2.05, 4.69) is 5.32 Å². The van der Waals surface area contributed by atoms with Crippen molar-refractivity contribution in [2.75, 3.05) is 6.61 Å². The van der Waals surface area contributed by atoms with E-state index in [1.54, 1.807) is 13.8 Å². The van der Waals surface area contributed by atoms with Crippen LogP contribution in [0.15, 0.2) is 0 Å². The Morgan fingerprint density at radius 2 is 1.70 bits per heavy atom. The first-order valence-corrected chi connectivity index (χ1v) is 10.6. The van der Waals surface area contributed by atoms with Gasteiger partial charge in [-0.05, 0) is 13.8 Å². The van der Waals surface area contributed by atoms with Crippen LogP contribution in [0.4, 0.5) is 0 Å². The number of ether oxygens (including phenoxy) is 5. The molecular weight excluding hydrogens is 533 g/mol. The second-order valence-corrected chi connectivity index (χ2v) is 11.4. The van der Waals surface area contributed by atoms with Gasteiger partial charge in [0, 0.05) is 6.92 Å². The molecule has 1 amide bonds. The highest BCUT2D eigenvalue weighted by Gasteiger charge is 2.55. The number of hydrogen-bond donors (Lipinski definition) is 2. The third-order valence-electron chi connectivity index (χ3n) is 4.01. The summed E-state index contributed by atoms with van der Waals surface area (Å²) in [6.45, 7) is 4.46. The second-order valence-electron chi connectivity index (χ2n) is 6.85. The fourth-order valence-corrected chi connectivity index (χ4v) is 3.12. The number of amides is 1. The van der Waals surface area contributed by atoms with Crippen LogP contribution < -0.4 is 5.32 Å². The standard InChI is InChI=1S/C15H18Cl6N2O7/c1-5(24)27-9-7(23-12(25)15(19,20)21)10(29-11(22)14(16,17)18)28-6-4-26-13(2,3)30-8(6)9/h6-10,22H,4H2,1-3H3,(H,23,25)/t6-,7-,8-,9-,10-/m1/s1. The summed E-state index contributed by atoms with van der Waals surface area (Å²) in [6.07, 6.45) is -4.39. The number of carbonyl (C=O) groups excluding carboxylic acids is 2. The minimum absolute atomic E-state index is 0.0154. The summed E-state index contributed by atoms with van der Waals surface area (Å²) in [7, 11) is 0. The Balaban J connectivity index is 2.42. The third-order valence-corrected chi connectivity index (χ3v) is 5.04. The Morgan fingerprint density at radius 3 is 2.20 bits per heavy atom. The average Bonchev–Trinajstić information content (AvgIpc) is 2.55. The molecule has 30 heavy (non-hydrogen) atoms. The Hall–Kier alpha value is 0.0300. The van der Waals surface area contributed by atoms with Crippen LogP contribution in [0.2, 0.25) is 0 Å².